The molecular weight excluding hydrogens is 332 g/mol. The number of hydrogen-bond acceptors (Lipinski definition) is 5. The molecule has 26 heavy (non-hydrogen) atoms. The zero-order valence-electron chi connectivity index (χ0n) is 15.7. The highest BCUT2D eigenvalue weighted by Crippen LogP contribution is 2.67. The molecule has 0 aromatic carbocycles. The van der Waals surface area contributed by atoms with Crippen LogP contribution in [0.5, 0.6) is 0 Å². The fraction of sp³-hybridized carbons (Fsp3) is 0.810. The Morgan fingerprint density at radius 1 is 1.23 bits per heavy atom. The zero-order chi connectivity index (χ0) is 18.9. The molecule has 0 aromatic rings. The van der Waals surface area contributed by atoms with Crippen LogP contribution in [-0.2, 0) is 9.59 Å². The van der Waals surface area contributed by atoms with E-state index in [4.69, 9.17) is 0 Å². The van der Waals surface area contributed by atoms with Crippen LogP contribution in [0.1, 0.15) is 58.8 Å². The van der Waals surface area contributed by atoms with E-state index < -0.39 is 29.5 Å². The molecule has 0 amide bonds. The van der Waals surface area contributed by atoms with Crippen molar-refractivity contribution in [3.8, 4) is 0 Å². The minimum absolute atomic E-state index is 0.0697. The van der Waals surface area contributed by atoms with Crippen LogP contribution >= 0.6 is 0 Å². The van der Waals surface area contributed by atoms with Gasteiger partial charge in [-0.2, -0.15) is 0 Å². The Balaban J connectivity index is 1.74. The molecule has 4 rings (SSSR count). The van der Waals surface area contributed by atoms with Crippen molar-refractivity contribution in [2.24, 2.45) is 28.6 Å². The monoisotopic (exact) mass is 362 g/mol. The Labute approximate surface area is 154 Å². The molecule has 0 aromatic heterocycles. The number of aliphatic hydroxyl groups is 3. The first-order chi connectivity index (χ1) is 12.2. The third-order valence-electron chi connectivity index (χ3n) is 8.65. The van der Waals surface area contributed by atoms with Gasteiger partial charge in [0.15, 0.2) is 11.6 Å². The molecule has 0 aliphatic heterocycles. The minimum Gasteiger partial charge on any atom is -0.393 e. The van der Waals surface area contributed by atoms with Crippen molar-refractivity contribution in [2.75, 3.05) is 6.61 Å². The summed E-state index contributed by atoms with van der Waals surface area (Å²) in [4.78, 5) is 24.3. The Morgan fingerprint density at radius 3 is 2.65 bits per heavy atom. The van der Waals surface area contributed by atoms with Crippen LogP contribution < -0.4 is 0 Å². The summed E-state index contributed by atoms with van der Waals surface area (Å²) >= 11 is 0. The Bertz CT molecular complexity index is 684. The summed E-state index contributed by atoms with van der Waals surface area (Å²) < 4.78 is 0. The Morgan fingerprint density at radius 2 is 1.96 bits per heavy atom. The number of ketones is 2. The van der Waals surface area contributed by atoms with E-state index in [9.17, 15) is 24.9 Å². The molecule has 0 spiro atoms. The van der Waals surface area contributed by atoms with Crippen molar-refractivity contribution in [2.45, 2.75) is 70.5 Å². The van der Waals surface area contributed by atoms with Gasteiger partial charge < -0.3 is 15.3 Å². The molecule has 3 fully saturated rings. The minimum atomic E-state index is -1.54. The molecule has 0 saturated heterocycles. The van der Waals surface area contributed by atoms with Crippen molar-refractivity contribution in [3.05, 3.63) is 11.6 Å². The van der Waals surface area contributed by atoms with E-state index in [1.54, 1.807) is 6.08 Å². The lowest BCUT2D eigenvalue weighted by atomic mass is 9.45. The molecule has 1 unspecified atom stereocenters. The highest BCUT2D eigenvalue weighted by atomic mass is 16.3. The lowest BCUT2D eigenvalue weighted by molar-refractivity contribution is -0.182. The predicted molar refractivity (Wildman–Crippen MR) is 95.1 cm³/mol. The van der Waals surface area contributed by atoms with E-state index in [1.165, 1.54) is 5.57 Å². The van der Waals surface area contributed by atoms with E-state index in [2.05, 4.69) is 6.92 Å². The van der Waals surface area contributed by atoms with Crippen LogP contribution in [0.15, 0.2) is 11.6 Å². The van der Waals surface area contributed by atoms with Gasteiger partial charge in [0, 0.05) is 11.8 Å². The van der Waals surface area contributed by atoms with Crippen molar-refractivity contribution in [3.63, 3.8) is 0 Å². The second kappa shape index (κ2) is 5.73. The van der Waals surface area contributed by atoms with Crippen molar-refractivity contribution in [1.82, 2.24) is 0 Å². The summed E-state index contributed by atoms with van der Waals surface area (Å²) in [5.74, 6) is 0.140. The second-order valence-electron chi connectivity index (χ2n) is 9.56. The lowest BCUT2D eigenvalue weighted by Gasteiger charge is -2.60. The van der Waals surface area contributed by atoms with Gasteiger partial charge in [0.2, 0.25) is 0 Å². The maximum atomic E-state index is 12.4. The molecule has 0 bridgehead atoms. The topological polar surface area (TPSA) is 94.8 Å². The fourth-order valence-corrected chi connectivity index (χ4v) is 7.28. The van der Waals surface area contributed by atoms with Gasteiger partial charge in [-0.15, -0.1) is 0 Å². The third kappa shape index (κ3) is 2.14. The van der Waals surface area contributed by atoms with E-state index in [-0.39, 0.29) is 29.0 Å². The number of hydrogen-bond donors (Lipinski definition) is 3. The summed E-state index contributed by atoms with van der Waals surface area (Å²) in [5.41, 5.74) is -1.23. The van der Waals surface area contributed by atoms with Crippen LogP contribution in [-0.4, -0.2) is 45.2 Å². The molecule has 4 aliphatic carbocycles. The van der Waals surface area contributed by atoms with Crippen molar-refractivity contribution < 1.29 is 24.9 Å². The average molecular weight is 362 g/mol. The van der Waals surface area contributed by atoms with Crippen LogP contribution in [0.4, 0.5) is 0 Å². The van der Waals surface area contributed by atoms with Crippen molar-refractivity contribution in [1.29, 1.82) is 0 Å². The van der Waals surface area contributed by atoms with Gasteiger partial charge in [0.05, 0.1) is 6.10 Å². The van der Waals surface area contributed by atoms with Crippen LogP contribution in [0.25, 0.3) is 0 Å². The van der Waals surface area contributed by atoms with Gasteiger partial charge in [-0.25, -0.2) is 0 Å². The number of carbonyl (C=O) groups is 2. The molecular formula is C21H30O5. The number of rotatable bonds is 2. The van der Waals surface area contributed by atoms with Crippen molar-refractivity contribution >= 4 is 11.6 Å². The summed E-state index contributed by atoms with van der Waals surface area (Å²) in [5, 5.41) is 31.7. The highest BCUT2D eigenvalue weighted by molar-refractivity contribution is 5.91. The molecule has 7 atom stereocenters. The molecule has 0 heterocycles. The first-order valence-electron chi connectivity index (χ1n) is 9.96. The largest absolute Gasteiger partial charge is 0.393 e. The quantitative estimate of drug-likeness (QED) is 0.696. The van der Waals surface area contributed by atoms with Crippen LogP contribution in [0.3, 0.4) is 0 Å². The number of carbonyl (C=O) groups excluding carboxylic acids is 2. The summed E-state index contributed by atoms with van der Waals surface area (Å²) in [6.07, 6.45) is 5.74. The average Bonchev–Trinajstić information content (AvgIpc) is 2.86. The zero-order valence-corrected chi connectivity index (χ0v) is 15.7. The predicted octanol–water partition coefficient (Wildman–Crippen LogP) is 1.78. The van der Waals surface area contributed by atoms with E-state index in [0.29, 0.717) is 19.3 Å². The summed E-state index contributed by atoms with van der Waals surface area (Å²) in [6.45, 7) is 3.46. The first kappa shape index (κ1) is 18.3. The van der Waals surface area contributed by atoms with E-state index in [0.717, 1.165) is 25.7 Å². The van der Waals surface area contributed by atoms with E-state index in [1.807, 2.05) is 6.92 Å². The highest BCUT2D eigenvalue weighted by Gasteiger charge is 2.68. The van der Waals surface area contributed by atoms with Gasteiger partial charge in [-0.05, 0) is 67.8 Å². The normalized spacial score (nSPS) is 50.5. The van der Waals surface area contributed by atoms with Crippen LogP contribution in [0, 0.1) is 28.6 Å². The van der Waals surface area contributed by atoms with E-state index >= 15 is 0 Å². The number of allylic oxidation sites excluding steroid dienone is 1. The number of aliphatic hydroxyl groups excluding tert-OH is 2. The standard InChI is InChI=1S/C21H30O5/c1-19-7-5-13(23)9-12(19)3-4-14-15-6-8-21(26,17(25)11-22)20(15,2)10-16(24)18(14)19/h9,14-16,18,22,24,26H,3-8,10-11H2,1-2H3/t14-,15+,16?,18-,19-,20+,21+/m1/s1. The van der Waals surface area contributed by atoms with Gasteiger partial charge in [0.25, 0.3) is 0 Å². The molecule has 5 heteroatoms. The maximum absolute atomic E-state index is 12.4. The maximum Gasteiger partial charge on any atom is 0.190 e. The molecule has 0 radical (unpaired) electrons. The molecule has 144 valence electrons. The Hall–Kier alpha value is -1.04. The fourth-order valence-electron chi connectivity index (χ4n) is 7.28. The molecule has 3 saturated carbocycles. The van der Waals surface area contributed by atoms with Gasteiger partial charge in [-0.1, -0.05) is 19.4 Å². The molecule has 5 nitrogen and oxygen atoms in total. The van der Waals surface area contributed by atoms with Gasteiger partial charge in [0.1, 0.15) is 12.2 Å². The molecule has 3 N–H and O–H groups in total. The van der Waals surface area contributed by atoms with Gasteiger partial charge >= 0.3 is 0 Å². The summed E-state index contributed by atoms with van der Waals surface area (Å²) in [7, 11) is 0. The lowest BCUT2D eigenvalue weighted by Crippen LogP contribution is -2.62. The second-order valence-corrected chi connectivity index (χ2v) is 9.56. The molecule has 4 aliphatic rings. The number of fused-ring (bicyclic) bond motifs is 5. The summed E-state index contributed by atoms with van der Waals surface area (Å²) in [6, 6.07) is 0. The first-order valence-corrected chi connectivity index (χ1v) is 9.96. The third-order valence-corrected chi connectivity index (χ3v) is 8.65. The SMILES string of the molecule is C[C@]12CC(O)[C@H]3[C@H](CCC4=CC(=O)CC[C@]43C)[C@@H]1CC[C@]2(O)C(=O)CO. The van der Waals surface area contributed by atoms with Gasteiger partial charge in [-0.3, -0.25) is 9.59 Å². The Kier molecular flexibility index (Phi) is 4.04. The number of Topliss-reactive ketones (excluding diaryl/α,β-unsaturated/α-hetero) is 1. The smallest absolute Gasteiger partial charge is 0.190 e. The van der Waals surface area contributed by atoms with Crippen LogP contribution in [0.2, 0.25) is 0 Å².